The molecule has 2 aromatic rings. The highest BCUT2D eigenvalue weighted by Crippen LogP contribution is 2.22. The first-order valence-corrected chi connectivity index (χ1v) is 6.00. The van der Waals surface area contributed by atoms with Gasteiger partial charge in [-0.25, -0.2) is 4.98 Å². The average Bonchev–Trinajstić information content (AvgIpc) is 2.96. The summed E-state index contributed by atoms with van der Waals surface area (Å²) in [5.74, 6) is 0.414. The van der Waals surface area contributed by atoms with E-state index in [-0.39, 0.29) is 23.6 Å². The van der Waals surface area contributed by atoms with Crippen molar-refractivity contribution in [2.75, 3.05) is 5.73 Å². The van der Waals surface area contributed by atoms with Crippen LogP contribution in [0.5, 0.6) is 0 Å². The molecule has 1 atom stereocenters. The van der Waals surface area contributed by atoms with Crippen LogP contribution < -0.4 is 11.1 Å². The number of rotatable bonds is 4. The van der Waals surface area contributed by atoms with Crippen LogP contribution in [0.25, 0.3) is 0 Å². The van der Waals surface area contributed by atoms with Crippen molar-refractivity contribution in [2.24, 2.45) is 0 Å². The maximum Gasteiger partial charge on any atom is 0.274 e. The Labute approximate surface area is 110 Å². The molecule has 0 aliphatic carbocycles. The molecule has 0 saturated carbocycles. The smallest absolute Gasteiger partial charge is 0.274 e. The van der Waals surface area contributed by atoms with Crippen molar-refractivity contribution in [3.05, 3.63) is 23.5 Å². The molecule has 2 rings (SSSR count). The lowest BCUT2D eigenvalue weighted by molar-refractivity contribution is 0.0934. The number of anilines is 1. The predicted octanol–water partition coefficient (Wildman–Crippen LogP) is 0.724. The fourth-order valence-corrected chi connectivity index (χ4v) is 1.73. The molecule has 2 heterocycles. The van der Waals surface area contributed by atoms with E-state index < -0.39 is 0 Å². The van der Waals surface area contributed by atoms with Gasteiger partial charge in [-0.05, 0) is 12.8 Å². The summed E-state index contributed by atoms with van der Waals surface area (Å²) in [5.41, 5.74) is 7.26. The van der Waals surface area contributed by atoms with Crippen LogP contribution in [0.3, 0.4) is 0 Å². The van der Waals surface area contributed by atoms with Gasteiger partial charge in [-0.3, -0.25) is 15.0 Å². The second-order valence-corrected chi connectivity index (χ2v) is 4.62. The second kappa shape index (κ2) is 5.09. The Balaban J connectivity index is 2.12. The van der Waals surface area contributed by atoms with Crippen molar-refractivity contribution in [1.29, 1.82) is 0 Å². The molecule has 1 amide bonds. The van der Waals surface area contributed by atoms with Gasteiger partial charge in [0.25, 0.3) is 5.91 Å². The molecule has 0 radical (unpaired) electrons. The van der Waals surface area contributed by atoms with Crippen molar-refractivity contribution in [3.63, 3.8) is 0 Å². The van der Waals surface area contributed by atoms with E-state index in [4.69, 9.17) is 5.73 Å². The highest BCUT2D eigenvalue weighted by molar-refractivity contribution is 5.97. The van der Waals surface area contributed by atoms with Gasteiger partial charge in [-0.15, -0.1) is 0 Å². The number of amides is 1. The standard InChI is InChI=1S/C11H17N7O/c1-5(2)8-7(12)9(17-16-8)11(19)15-6(3)10-13-4-14-18-10/h4-6H,12H2,1-3H3,(H,15,19)(H,16,17)(H,13,14,18). The minimum atomic E-state index is -0.343. The largest absolute Gasteiger partial charge is 0.395 e. The first-order valence-electron chi connectivity index (χ1n) is 6.00. The van der Waals surface area contributed by atoms with Gasteiger partial charge in [0.2, 0.25) is 0 Å². The monoisotopic (exact) mass is 263 g/mol. The molecule has 0 aliphatic rings. The van der Waals surface area contributed by atoms with Gasteiger partial charge in [0.15, 0.2) is 5.69 Å². The molecule has 0 bridgehead atoms. The number of aromatic amines is 2. The van der Waals surface area contributed by atoms with Crippen molar-refractivity contribution < 1.29 is 4.79 Å². The molecule has 0 aromatic carbocycles. The van der Waals surface area contributed by atoms with Crippen LogP contribution in [0.1, 0.15) is 54.7 Å². The van der Waals surface area contributed by atoms with Crippen LogP contribution in [0.2, 0.25) is 0 Å². The van der Waals surface area contributed by atoms with Crippen LogP contribution in [0.4, 0.5) is 5.69 Å². The maximum atomic E-state index is 12.1. The topological polar surface area (TPSA) is 125 Å². The zero-order valence-electron chi connectivity index (χ0n) is 11.1. The lowest BCUT2D eigenvalue weighted by Gasteiger charge is -2.10. The summed E-state index contributed by atoms with van der Waals surface area (Å²) in [6.07, 6.45) is 1.39. The fourth-order valence-electron chi connectivity index (χ4n) is 1.73. The van der Waals surface area contributed by atoms with Gasteiger partial charge in [0.1, 0.15) is 12.2 Å². The van der Waals surface area contributed by atoms with E-state index in [9.17, 15) is 4.79 Å². The third-order valence-electron chi connectivity index (χ3n) is 2.82. The summed E-state index contributed by atoms with van der Waals surface area (Å²) in [4.78, 5) is 16.0. The van der Waals surface area contributed by atoms with Crippen LogP contribution in [0, 0.1) is 0 Å². The lowest BCUT2D eigenvalue weighted by atomic mass is 10.1. The Morgan fingerprint density at radius 3 is 2.63 bits per heavy atom. The maximum absolute atomic E-state index is 12.1. The number of hydrogen-bond donors (Lipinski definition) is 4. The van der Waals surface area contributed by atoms with Crippen LogP contribution >= 0.6 is 0 Å². The molecular formula is C11H17N7O. The van der Waals surface area contributed by atoms with Gasteiger partial charge < -0.3 is 11.1 Å². The Morgan fingerprint density at radius 2 is 2.11 bits per heavy atom. The van der Waals surface area contributed by atoms with Crippen LogP contribution in [0.15, 0.2) is 6.33 Å². The molecule has 8 heteroatoms. The summed E-state index contributed by atoms with van der Waals surface area (Å²) < 4.78 is 0. The van der Waals surface area contributed by atoms with Gasteiger partial charge in [0.05, 0.1) is 17.4 Å². The second-order valence-electron chi connectivity index (χ2n) is 4.62. The normalized spacial score (nSPS) is 12.6. The zero-order chi connectivity index (χ0) is 14.0. The lowest BCUT2D eigenvalue weighted by Crippen LogP contribution is -2.28. The van der Waals surface area contributed by atoms with E-state index in [1.807, 2.05) is 13.8 Å². The number of nitrogen functional groups attached to an aromatic ring is 1. The molecule has 0 spiro atoms. The number of hydrogen-bond acceptors (Lipinski definition) is 5. The fraction of sp³-hybridized carbons (Fsp3) is 0.455. The molecule has 2 aromatic heterocycles. The van der Waals surface area contributed by atoms with E-state index in [0.29, 0.717) is 11.5 Å². The highest BCUT2D eigenvalue weighted by Gasteiger charge is 2.21. The molecule has 102 valence electrons. The number of H-pyrrole nitrogens is 2. The van der Waals surface area contributed by atoms with Gasteiger partial charge in [0, 0.05) is 0 Å². The van der Waals surface area contributed by atoms with E-state index in [1.54, 1.807) is 6.92 Å². The van der Waals surface area contributed by atoms with Crippen LogP contribution in [-0.4, -0.2) is 31.3 Å². The third kappa shape index (κ3) is 2.56. The summed E-state index contributed by atoms with van der Waals surface area (Å²) in [5, 5.41) is 15.9. The van der Waals surface area contributed by atoms with E-state index in [1.165, 1.54) is 6.33 Å². The quantitative estimate of drug-likeness (QED) is 0.646. The molecule has 1 unspecified atom stereocenters. The van der Waals surface area contributed by atoms with Crippen molar-refractivity contribution in [3.8, 4) is 0 Å². The molecule has 5 N–H and O–H groups in total. The summed E-state index contributed by atoms with van der Waals surface area (Å²) in [6.45, 7) is 5.75. The molecule has 0 aliphatic heterocycles. The minimum Gasteiger partial charge on any atom is -0.395 e. The third-order valence-corrected chi connectivity index (χ3v) is 2.82. The number of carbonyl (C=O) groups excluding carboxylic acids is 1. The number of nitrogens with two attached hydrogens (primary N) is 1. The Morgan fingerprint density at radius 1 is 1.37 bits per heavy atom. The summed E-state index contributed by atoms with van der Waals surface area (Å²) in [6, 6.07) is -0.298. The summed E-state index contributed by atoms with van der Waals surface area (Å²) in [7, 11) is 0. The minimum absolute atomic E-state index is 0.181. The zero-order valence-corrected chi connectivity index (χ0v) is 11.1. The molecule has 0 saturated heterocycles. The number of nitrogens with zero attached hydrogens (tertiary/aromatic N) is 3. The molecule has 0 fully saturated rings. The van der Waals surface area contributed by atoms with E-state index in [0.717, 1.165) is 5.69 Å². The first-order chi connectivity index (χ1) is 9.00. The highest BCUT2D eigenvalue weighted by atomic mass is 16.2. The van der Waals surface area contributed by atoms with Crippen molar-refractivity contribution >= 4 is 11.6 Å². The predicted molar refractivity (Wildman–Crippen MR) is 69.4 cm³/mol. The van der Waals surface area contributed by atoms with E-state index >= 15 is 0 Å². The van der Waals surface area contributed by atoms with E-state index in [2.05, 4.69) is 30.7 Å². The van der Waals surface area contributed by atoms with Gasteiger partial charge >= 0.3 is 0 Å². The SMILES string of the molecule is CC(C)c1[nH]nc(C(=O)NC(C)c2ncn[nH]2)c1N. The van der Waals surface area contributed by atoms with Crippen LogP contribution in [-0.2, 0) is 0 Å². The van der Waals surface area contributed by atoms with Gasteiger partial charge in [-0.1, -0.05) is 13.8 Å². The Hall–Kier alpha value is -2.38. The van der Waals surface area contributed by atoms with Crippen molar-refractivity contribution in [2.45, 2.75) is 32.7 Å². The first kappa shape index (κ1) is 13.1. The Bertz CT molecular complexity index is 558. The van der Waals surface area contributed by atoms with Crippen molar-refractivity contribution in [1.82, 2.24) is 30.7 Å². The molecular weight excluding hydrogens is 246 g/mol. The number of nitrogens with one attached hydrogen (secondary N) is 3. The summed E-state index contributed by atoms with van der Waals surface area (Å²) >= 11 is 0. The molecule has 19 heavy (non-hydrogen) atoms. The Kier molecular flexibility index (Phi) is 3.50. The number of aromatic nitrogens is 5. The van der Waals surface area contributed by atoms with Gasteiger partial charge in [-0.2, -0.15) is 10.2 Å². The average molecular weight is 263 g/mol. The number of carbonyl (C=O) groups is 1. The molecule has 8 nitrogen and oxygen atoms in total.